The first kappa shape index (κ1) is 20.3. The molecule has 0 aromatic carbocycles. The molecule has 27 heavy (non-hydrogen) atoms. The highest BCUT2D eigenvalue weighted by Gasteiger charge is 2.34. The van der Waals surface area contributed by atoms with E-state index in [0.717, 1.165) is 38.8 Å². The summed E-state index contributed by atoms with van der Waals surface area (Å²) in [7, 11) is -1.94. The Morgan fingerprint density at radius 1 is 1.33 bits per heavy atom. The molecule has 2 fully saturated rings. The van der Waals surface area contributed by atoms with Crippen LogP contribution in [0.15, 0.2) is 15.4 Å². The minimum Gasteiger partial charge on any atom is -0.455 e. The molecule has 0 bridgehead atoms. The first-order valence-electron chi connectivity index (χ1n) is 9.46. The number of amides is 1. The second-order valence-electron chi connectivity index (χ2n) is 7.51. The zero-order valence-electron chi connectivity index (χ0n) is 16.0. The van der Waals surface area contributed by atoms with Gasteiger partial charge < -0.3 is 19.8 Å². The first-order chi connectivity index (χ1) is 12.9. The van der Waals surface area contributed by atoms with E-state index in [0.29, 0.717) is 26.2 Å². The van der Waals surface area contributed by atoms with Gasteiger partial charge in [0, 0.05) is 38.2 Å². The zero-order chi connectivity index (χ0) is 19.5. The Labute approximate surface area is 160 Å². The van der Waals surface area contributed by atoms with Gasteiger partial charge in [0.2, 0.25) is 10.0 Å². The van der Waals surface area contributed by atoms with E-state index in [2.05, 4.69) is 10.6 Å². The fourth-order valence-electron chi connectivity index (χ4n) is 3.89. The summed E-state index contributed by atoms with van der Waals surface area (Å²) in [5, 5.41) is 6.22. The highest BCUT2D eigenvalue weighted by atomic mass is 32.2. The Hall–Kier alpha value is -1.42. The van der Waals surface area contributed by atoms with Crippen LogP contribution in [0.25, 0.3) is 0 Å². The Balaban J connectivity index is 1.70. The van der Waals surface area contributed by atoms with Crippen LogP contribution >= 0.6 is 0 Å². The third-order valence-electron chi connectivity index (χ3n) is 5.52. The molecule has 1 amide bonds. The van der Waals surface area contributed by atoms with Crippen LogP contribution in [0.4, 0.5) is 0 Å². The van der Waals surface area contributed by atoms with Crippen molar-refractivity contribution in [1.82, 2.24) is 14.9 Å². The first-order valence-corrected chi connectivity index (χ1v) is 10.9. The Kier molecular flexibility index (Phi) is 6.25. The van der Waals surface area contributed by atoms with Gasteiger partial charge >= 0.3 is 0 Å². The van der Waals surface area contributed by atoms with Crippen LogP contribution in [0.2, 0.25) is 0 Å². The summed E-state index contributed by atoms with van der Waals surface area (Å²) < 4.78 is 37.8. The molecule has 2 N–H and O–H groups in total. The summed E-state index contributed by atoms with van der Waals surface area (Å²) in [6, 6.07) is 1.35. The van der Waals surface area contributed by atoms with Gasteiger partial charge in [0.25, 0.3) is 5.91 Å². The lowest BCUT2D eigenvalue weighted by atomic mass is 9.79. The maximum Gasteiger partial charge on any atom is 0.287 e. The van der Waals surface area contributed by atoms with Gasteiger partial charge in [-0.3, -0.25) is 4.79 Å². The number of furan rings is 1. The number of nitrogens with zero attached hydrogens (tertiary/aromatic N) is 1. The molecule has 9 heteroatoms. The van der Waals surface area contributed by atoms with E-state index in [-0.39, 0.29) is 21.8 Å². The summed E-state index contributed by atoms with van der Waals surface area (Å²) in [5.74, 6) is -0.109. The van der Waals surface area contributed by atoms with Crippen LogP contribution in [0.1, 0.15) is 42.0 Å². The molecule has 0 atom stereocenters. The molecular weight excluding hydrogens is 370 g/mol. The maximum atomic E-state index is 12.7. The van der Waals surface area contributed by atoms with Crippen LogP contribution in [-0.4, -0.2) is 65.1 Å². The summed E-state index contributed by atoms with van der Waals surface area (Å²) in [5.41, 5.74) is -0.109. The van der Waals surface area contributed by atoms with E-state index in [1.54, 1.807) is 14.0 Å². The van der Waals surface area contributed by atoms with Gasteiger partial charge in [-0.15, -0.1) is 0 Å². The van der Waals surface area contributed by atoms with Crippen molar-refractivity contribution < 1.29 is 22.4 Å². The van der Waals surface area contributed by atoms with Crippen molar-refractivity contribution in [1.29, 1.82) is 0 Å². The molecule has 3 heterocycles. The molecule has 0 unspecified atom stereocenters. The van der Waals surface area contributed by atoms with Gasteiger partial charge in [-0.1, -0.05) is 0 Å². The van der Waals surface area contributed by atoms with Crippen LogP contribution < -0.4 is 10.6 Å². The van der Waals surface area contributed by atoms with Crippen molar-refractivity contribution in [2.45, 2.75) is 37.5 Å². The van der Waals surface area contributed by atoms with Crippen LogP contribution in [0, 0.1) is 12.3 Å². The lowest BCUT2D eigenvalue weighted by Crippen LogP contribution is -2.47. The molecule has 0 radical (unpaired) electrons. The van der Waals surface area contributed by atoms with Gasteiger partial charge in [0.05, 0.1) is 6.61 Å². The molecule has 152 valence electrons. The van der Waals surface area contributed by atoms with Gasteiger partial charge in [-0.25, -0.2) is 8.42 Å². The highest BCUT2D eigenvalue weighted by molar-refractivity contribution is 7.89. The molecule has 0 aliphatic carbocycles. The van der Waals surface area contributed by atoms with E-state index >= 15 is 0 Å². The smallest absolute Gasteiger partial charge is 0.287 e. The molecule has 1 aromatic rings. The van der Waals surface area contributed by atoms with Crippen LogP contribution in [0.5, 0.6) is 0 Å². The number of nitrogens with one attached hydrogen (secondary N) is 2. The van der Waals surface area contributed by atoms with E-state index in [9.17, 15) is 13.2 Å². The fourth-order valence-corrected chi connectivity index (χ4v) is 5.57. The van der Waals surface area contributed by atoms with E-state index in [1.807, 2.05) is 0 Å². The molecule has 3 rings (SSSR count). The van der Waals surface area contributed by atoms with Gasteiger partial charge in [0.15, 0.2) is 5.76 Å². The standard InChI is InChI=1S/C18H29N3O5S/c1-14-16(27(23,24)21-9-3-4-10-21)11-15(26-14)17(22)20-12-18(13-25-2)5-7-19-8-6-18/h11,19H,3-10,12-13H2,1-2H3,(H,20,22). The predicted molar refractivity (Wildman–Crippen MR) is 100 cm³/mol. The number of carbonyl (C=O) groups excluding carboxylic acids is 1. The Bertz CT molecular complexity index is 756. The van der Waals surface area contributed by atoms with E-state index in [1.165, 1.54) is 10.4 Å². The number of ether oxygens (including phenoxy) is 1. The lowest BCUT2D eigenvalue weighted by Gasteiger charge is -2.37. The third-order valence-corrected chi connectivity index (χ3v) is 7.52. The molecule has 2 saturated heterocycles. The topological polar surface area (TPSA) is 101 Å². The number of methoxy groups -OCH3 is 1. The quantitative estimate of drug-likeness (QED) is 0.713. The summed E-state index contributed by atoms with van der Waals surface area (Å²) >= 11 is 0. The number of piperidine rings is 1. The average molecular weight is 400 g/mol. The molecule has 0 spiro atoms. The largest absolute Gasteiger partial charge is 0.455 e. The number of sulfonamides is 1. The number of aryl methyl sites for hydroxylation is 1. The Morgan fingerprint density at radius 2 is 2.00 bits per heavy atom. The van der Waals surface area contributed by atoms with Crippen molar-refractivity contribution in [3.8, 4) is 0 Å². The number of hydrogen-bond acceptors (Lipinski definition) is 6. The second kappa shape index (κ2) is 8.30. The van der Waals surface area contributed by atoms with Crippen LogP contribution in [0.3, 0.4) is 0 Å². The minimum atomic E-state index is -3.61. The fraction of sp³-hybridized carbons (Fsp3) is 0.722. The normalized spacial score (nSPS) is 20.7. The third kappa shape index (κ3) is 4.37. The van der Waals surface area contributed by atoms with E-state index < -0.39 is 15.9 Å². The number of hydrogen-bond donors (Lipinski definition) is 2. The minimum absolute atomic E-state index is 0.0340. The number of rotatable bonds is 7. The summed E-state index contributed by atoms with van der Waals surface area (Å²) in [4.78, 5) is 12.7. The molecule has 1 aromatic heterocycles. The van der Waals surface area contributed by atoms with Crippen molar-refractivity contribution in [2.75, 3.05) is 46.4 Å². The van der Waals surface area contributed by atoms with Gasteiger partial charge in [0.1, 0.15) is 10.7 Å². The summed E-state index contributed by atoms with van der Waals surface area (Å²) in [6.45, 7) is 5.42. The van der Waals surface area contributed by atoms with Crippen molar-refractivity contribution >= 4 is 15.9 Å². The average Bonchev–Trinajstić information content (AvgIpc) is 3.31. The maximum absolute atomic E-state index is 12.7. The van der Waals surface area contributed by atoms with Crippen molar-refractivity contribution in [2.24, 2.45) is 5.41 Å². The van der Waals surface area contributed by atoms with Gasteiger partial charge in [-0.05, 0) is 45.7 Å². The number of carbonyl (C=O) groups is 1. The zero-order valence-corrected chi connectivity index (χ0v) is 16.9. The van der Waals surface area contributed by atoms with Crippen molar-refractivity contribution in [3.63, 3.8) is 0 Å². The SMILES string of the molecule is COCC1(CNC(=O)c2cc(S(=O)(=O)N3CCCC3)c(C)o2)CCNCC1. The molecule has 0 saturated carbocycles. The predicted octanol–water partition coefficient (Wildman–Crippen LogP) is 1.12. The molecule has 2 aliphatic heterocycles. The monoisotopic (exact) mass is 399 g/mol. The van der Waals surface area contributed by atoms with Crippen LogP contribution in [-0.2, 0) is 14.8 Å². The second-order valence-corrected chi connectivity index (χ2v) is 9.41. The lowest BCUT2D eigenvalue weighted by molar-refractivity contribution is 0.0506. The highest BCUT2D eigenvalue weighted by Crippen LogP contribution is 2.29. The molecule has 2 aliphatic rings. The van der Waals surface area contributed by atoms with Crippen molar-refractivity contribution in [3.05, 3.63) is 17.6 Å². The summed E-state index contributed by atoms with van der Waals surface area (Å²) in [6.07, 6.45) is 3.54. The van der Waals surface area contributed by atoms with Gasteiger partial charge in [-0.2, -0.15) is 4.31 Å². The Morgan fingerprint density at radius 3 is 2.63 bits per heavy atom. The molecule has 8 nitrogen and oxygen atoms in total. The molecular formula is C18H29N3O5S. The van der Waals surface area contributed by atoms with E-state index in [4.69, 9.17) is 9.15 Å².